The molecule has 10 nitrogen and oxygen atoms in total. The van der Waals surface area contributed by atoms with E-state index in [0.29, 0.717) is 34.6 Å². The van der Waals surface area contributed by atoms with Crippen LogP contribution in [0.5, 0.6) is 11.5 Å². The van der Waals surface area contributed by atoms with Gasteiger partial charge in [0.05, 0.1) is 0 Å². The summed E-state index contributed by atoms with van der Waals surface area (Å²) in [6.07, 6.45) is 0.499. The topological polar surface area (TPSA) is 103 Å². The molecule has 0 N–H and O–H groups in total. The molecule has 0 aliphatic carbocycles. The first-order valence-electron chi connectivity index (χ1n) is 17.6. The molecule has 0 radical (unpaired) electrons. The van der Waals surface area contributed by atoms with E-state index in [0.717, 1.165) is 4.57 Å². The van der Waals surface area contributed by atoms with E-state index in [1.807, 2.05) is 12.1 Å². The summed E-state index contributed by atoms with van der Waals surface area (Å²) in [6.45, 7) is 2.37. The minimum atomic E-state index is -0.850. The number of para-hydroxylation sites is 2. The molecule has 272 valence electrons. The van der Waals surface area contributed by atoms with Crippen molar-refractivity contribution >= 4 is 11.8 Å². The fourth-order valence-electron chi connectivity index (χ4n) is 7.11. The minimum Gasteiger partial charge on any atom is -0.478 e. The highest BCUT2D eigenvalue weighted by Gasteiger charge is 2.51. The van der Waals surface area contributed by atoms with Crippen LogP contribution in [0.2, 0.25) is 0 Å². The van der Waals surface area contributed by atoms with E-state index in [1.165, 1.54) is 35.0 Å². The predicted molar refractivity (Wildman–Crippen MR) is 192 cm³/mol. The second-order valence-electron chi connectivity index (χ2n) is 13.2. The van der Waals surface area contributed by atoms with Crippen LogP contribution in [0.4, 0.5) is 8.78 Å². The molecule has 7 rings (SSSR count). The van der Waals surface area contributed by atoms with Crippen molar-refractivity contribution in [1.29, 1.82) is 0 Å². The first-order valence-corrected chi connectivity index (χ1v) is 17.6. The highest BCUT2D eigenvalue weighted by atomic mass is 19.1. The Morgan fingerprint density at radius 2 is 1.06 bits per heavy atom. The molecule has 2 saturated heterocycles. The Morgan fingerprint density at radius 1 is 0.585 bits per heavy atom. The minimum absolute atomic E-state index is 0.0496. The fourth-order valence-corrected chi connectivity index (χ4v) is 7.11. The highest BCUT2D eigenvalue weighted by Crippen LogP contribution is 2.39. The lowest BCUT2D eigenvalue weighted by Crippen LogP contribution is -2.61. The van der Waals surface area contributed by atoms with Gasteiger partial charge >= 0.3 is 5.69 Å². The smallest absolute Gasteiger partial charge is 0.330 e. The molecular weight excluding hydrogens is 682 g/mol. The van der Waals surface area contributed by atoms with Crippen LogP contribution in [0, 0.1) is 18.6 Å². The molecular formula is C41H38F2N4O6. The van der Waals surface area contributed by atoms with Gasteiger partial charge in [0.2, 0.25) is 12.2 Å². The summed E-state index contributed by atoms with van der Waals surface area (Å²) in [5, 5.41) is 0. The number of hydrogen-bond acceptors (Lipinski definition) is 6. The zero-order valence-electron chi connectivity index (χ0n) is 29.0. The molecule has 2 aliphatic heterocycles. The van der Waals surface area contributed by atoms with Gasteiger partial charge < -0.3 is 23.8 Å². The SMILES string of the molecule is Cc1cn(CCCN2C(=O)[C@H](Oc3ccccc3)[C@@H]2c2cccc(F)c2)c(=O)n(CCCN2C(=O)[C@H](Oc3ccccc3)[C@@H]2c2cccc(F)c2)c1=O. The third-order valence-electron chi connectivity index (χ3n) is 9.68. The van der Waals surface area contributed by atoms with Crippen molar-refractivity contribution in [3.63, 3.8) is 0 Å². The number of halogens is 2. The van der Waals surface area contributed by atoms with E-state index in [-0.39, 0.29) is 44.4 Å². The molecule has 4 aromatic carbocycles. The van der Waals surface area contributed by atoms with Gasteiger partial charge in [0.15, 0.2) is 0 Å². The lowest BCUT2D eigenvalue weighted by Gasteiger charge is -2.47. The van der Waals surface area contributed by atoms with Gasteiger partial charge in [-0.15, -0.1) is 0 Å². The van der Waals surface area contributed by atoms with Gasteiger partial charge in [0.25, 0.3) is 17.4 Å². The van der Waals surface area contributed by atoms with Crippen LogP contribution in [-0.4, -0.2) is 56.0 Å². The Bertz CT molecular complexity index is 2230. The second kappa shape index (κ2) is 15.3. The number of rotatable bonds is 14. The molecule has 3 heterocycles. The number of hydrogen-bond donors (Lipinski definition) is 0. The predicted octanol–water partition coefficient (Wildman–Crippen LogP) is 5.44. The van der Waals surface area contributed by atoms with Crippen molar-refractivity contribution in [2.75, 3.05) is 13.1 Å². The normalized spacial score (nSPS) is 19.5. The monoisotopic (exact) mass is 720 g/mol. The number of amides is 2. The molecule has 0 unspecified atom stereocenters. The average molecular weight is 721 g/mol. The maximum Gasteiger partial charge on any atom is 0.330 e. The molecule has 5 aromatic rings. The molecule has 2 aliphatic rings. The standard InChI is InChI=1S/C41H38F2N4O6/c1-27-26-44(20-10-21-45-34(28-12-8-14-30(42)24-28)36(39(45)49)52-32-16-4-2-5-17-32)41(51)47(38(27)48)23-11-22-46-35(29-13-9-15-31(43)25-29)37(40(46)50)53-33-18-6-3-7-19-33/h2-9,12-19,24-26,34-37H,10-11,20-23H2,1H3/t34-,35-,36+,37+/m0/s1. The van der Waals surface area contributed by atoms with Crippen molar-refractivity contribution in [2.45, 2.75) is 57.1 Å². The van der Waals surface area contributed by atoms with Gasteiger partial charge in [0, 0.05) is 37.9 Å². The lowest BCUT2D eigenvalue weighted by molar-refractivity contribution is -0.164. The van der Waals surface area contributed by atoms with Crippen molar-refractivity contribution in [2.24, 2.45) is 0 Å². The van der Waals surface area contributed by atoms with Gasteiger partial charge in [-0.1, -0.05) is 60.7 Å². The molecule has 12 heteroatoms. The van der Waals surface area contributed by atoms with Crippen LogP contribution in [-0.2, 0) is 22.7 Å². The summed E-state index contributed by atoms with van der Waals surface area (Å²) in [6, 6.07) is 28.9. The van der Waals surface area contributed by atoms with Gasteiger partial charge in [-0.3, -0.25) is 19.0 Å². The molecule has 0 spiro atoms. The van der Waals surface area contributed by atoms with Crippen molar-refractivity contribution < 1.29 is 27.8 Å². The number of carbonyl (C=O) groups excluding carboxylic acids is 2. The summed E-state index contributed by atoms with van der Waals surface area (Å²) in [5.74, 6) is -0.333. The summed E-state index contributed by atoms with van der Waals surface area (Å²) in [5.41, 5.74) is 0.611. The Kier molecular flexibility index (Phi) is 10.2. The second-order valence-corrected chi connectivity index (χ2v) is 13.2. The number of benzene rings is 4. The number of ether oxygens (including phenoxy) is 2. The largest absolute Gasteiger partial charge is 0.478 e. The molecule has 1 aromatic heterocycles. The molecule has 2 amide bonds. The Balaban J connectivity index is 1.02. The fraction of sp³-hybridized carbons (Fsp3) is 0.268. The van der Waals surface area contributed by atoms with Gasteiger partial charge in [-0.2, -0.15) is 0 Å². The maximum atomic E-state index is 14.2. The number of likely N-dealkylation sites (tertiary alicyclic amines) is 2. The van der Waals surface area contributed by atoms with Crippen LogP contribution < -0.4 is 20.7 Å². The zero-order chi connectivity index (χ0) is 37.1. The van der Waals surface area contributed by atoms with E-state index >= 15 is 0 Å². The van der Waals surface area contributed by atoms with E-state index in [4.69, 9.17) is 9.47 Å². The van der Waals surface area contributed by atoms with Gasteiger partial charge in [-0.05, 0) is 79.4 Å². The van der Waals surface area contributed by atoms with Crippen molar-refractivity contribution in [3.8, 4) is 11.5 Å². The molecule has 0 saturated carbocycles. The van der Waals surface area contributed by atoms with E-state index in [1.54, 1.807) is 89.5 Å². The quantitative estimate of drug-likeness (QED) is 0.142. The first kappa shape index (κ1) is 35.4. The molecule has 4 atom stereocenters. The van der Waals surface area contributed by atoms with Crippen LogP contribution >= 0.6 is 0 Å². The lowest BCUT2D eigenvalue weighted by atomic mass is 9.90. The van der Waals surface area contributed by atoms with E-state index in [2.05, 4.69) is 0 Å². The Labute approximate surface area is 304 Å². The third-order valence-corrected chi connectivity index (χ3v) is 9.68. The van der Waals surface area contributed by atoms with Crippen LogP contribution in [0.1, 0.15) is 41.6 Å². The summed E-state index contributed by atoms with van der Waals surface area (Å²) in [4.78, 5) is 56.5. The summed E-state index contributed by atoms with van der Waals surface area (Å²) < 4.78 is 43.1. The number of nitrogens with zero attached hydrogens (tertiary/aromatic N) is 4. The van der Waals surface area contributed by atoms with E-state index in [9.17, 15) is 28.0 Å². The molecule has 0 bridgehead atoms. The van der Waals surface area contributed by atoms with Crippen molar-refractivity contribution in [1.82, 2.24) is 18.9 Å². The zero-order valence-corrected chi connectivity index (χ0v) is 29.0. The summed E-state index contributed by atoms with van der Waals surface area (Å²) in [7, 11) is 0. The molecule has 53 heavy (non-hydrogen) atoms. The highest BCUT2D eigenvalue weighted by molar-refractivity contribution is 5.90. The van der Waals surface area contributed by atoms with Crippen molar-refractivity contribution in [3.05, 3.63) is 165 Å². The van der Waals surface area contributed by atoms with Crippen LogP contribution in [0.3, 0.4) is 0 Å². The number of aromatic nitrogens is 2. The maximum absolute atomic E-state index is 14.2. The Morgan fingerprint density at radius 3 is 1.53 bits per heavy atom. The number of carbonyl (C=O) groups is 2. The average Bonchev–Trinajstić information content (AvgIpc) is 3.16. The molecule has 2 fully saturated rings. The third kappa shape index (κ3) is 7.35. The Hall–Kier alpha value is -6.04. The number of aryl methyl sites for hydroxylation is 2. The van der Waals surface area contributed by atoms with Crippen LogP contribution in [0.15, 0.2) is 125 Å². The van der Waals surface area contributed by atoms with Crippen LogP contribution in [0.25, 0.3) is 0 Å². The first-order chi connectivity index (χ1) is 25.7. The van der Waals surface area contributed by atoms with Gasteiger partial charge in [0.1, 0.15) is 35.2 Å². The van der Waals surface area contributed by atoms with Gasteiger partial charge in [-0.25, -0.2) is 13.6 Å². The summed E-state index contributed by atoms with van der Waals surface area (Å²) >= 11 is 0. The van der Waals surface area contributed by atoms with E-state index < -0.39 is 47.2 Å². The number of β-lactam (4-membered cyclic amide) rings is 2.